The Morgan fingerprint density at radius 2 is 1.96 bits per heavy atom. The summed E-state index contributed by atoms with van der Waals surface area (Å²) >= 11 is 1.69. The molecule has 3 heterocycles. The Bertz CT molecular complexity index is 670. The summed E-state index contributed by atoms with van der Waals surface area (Å²) in [5.41, 5.74) is 3.07. The average molecular weight is 351 g/mol. The predicted octanol–water partition coefficient (Wildman–Crippen LogP) is 2.84. The number of nitrogens with one attached hydrogen (secondary N) is 1. The van der Waals surface area contributed by atoms with Crippen molar-refractivity contribution < 1.29 is 4.84 Å². The lowest BCUT2D eigenvalue weighted by Gasteiger charge is -2.26. The first-order chi connectivity index (χ1) is 10.9. The van der Waals surface area contributed by atoms with Crippen LogP contribution in [0.4, 0.5) is 5.13 Å². The second-order valence-corrected chi connectivity index (χ2v) is 6.34. The highest BCUT2D eigenvalue weighted by molar-refractivity contribution is 7.14. The number of piperazine rings is 1. The third kappa shape index (κ3) is 3.49. The molecule has 1 fully saturated rings. The zero-order chi connectivity index (χ0) is 14.8. The molecule has 5 nitrogen and oxygen atoms in total. The van der Waals surface area contributed by atoms with Crippen LogP contribution in [0.5, 0.6) is 0 Å². The zero-order valence-electron chi connectivity index (χ0n) is 12.6. The Kier molecular flexibility index (Phi) is 5.15. The van der Waals surface area contributed by atoms with E-state index in [-0.39, 0.29) is 18.5 Å². The van der Waals surface area contributed by atoms with Crippen LogP contribution in [0.3, 0.4) is 0 Å². The fraction of sp³-hybridized carbons (Fsp3) is 0.375. The van der Waals surface area contributed by atoms with E-state index >= 15 is 0 Å². The molecule has 1 aromatic heterocycles. The molecule has 122 valence electrons. The maximum atomic E-state index is 5.59. The molecule has 0 spiro atoms. The first-order valence-corrected chi connectivity index (χ1v) is 8.47. The van der Waals surface area contributed by atoms with E-state index < -0.39 is 0 Å². The number of oxime groups is 1. The minimum absolute atomic E-state index is 0. The average Bonchev–Trinajstić information content (AvgIpc) is 3.26. The van der Waals surface area contributed by atoms with E-state index in [1.165, 1.54) is 5.56 Å². The van der Waals surface area contributed by atoms with Crippen LogP contribution in [-0.2, 0) is 4.84 Å². The van der Waals surface area contributed by atoms with E-state index in [2.05, 4.69) is 32.9 Å². The molecule has 2 aliphatic rings. The molecule has 1 aromatic carbocycles. The standard InChI is InChI=1S/C16H18N4OS.ClH/c1-2-4-12(5-3-1)15-10-13(19-21-15)14-11-22-16(18-14)20-8-6-17-7-9-20;/h1-5,11,15,17H,6-10H2;1H. The van der Waals surface area contributed by atoms with E-state index in [9.17, 15) is 0 Å². The van der Waals surface area contributed by atoms with Gasteiger partial charge in [-0.15, -0.1) is 23.7 Å². The summed E-state index contributed by atoms with van der Waals surface area (Å²) in [5.74, 6) is 0. The SMILES string of the molecule is Cl.c1ccc(C2CC(c3csc(N4CCNCC4)n3)=NO2)cc1. The normalized spacial score (nSPS) is 20.6. The van der Waals surface area contributed by atoms with Crippen LogP contribution in [0.1, 0.15) is 23.8 Å². The number of nitrogens with zero attached hydrogens (tertiary/aromatic N) is 3. The number of halogens is 1. The van der Waals surface area contributed by atoms with Crippen molar-refractivity contribution in [3.8, 4) is 0 Å². The molecule has 2 aliphatic heterocycles. The number of thiazole rings is 1. The zero-order valence-corrected chi connectivity index (χ0v) is 14.3. The van der Waals surface area contributed by atoms with Gasteiger partial charge in [-0.3, -0.25) is 0 Å². The summed E-state index contributed by atoms with van der Waals surface area (Å²) in [6.45, 7) is 4.08. The molecular weight excluding hydrogens is 332 g/mol. The van der Waals surface area contributed by atoms with E-state index in [1.54, 1.807) is 11.3 Å². The number of rotatable bonds is 3. The highest BCUT2D eigenvalue weighted by Gasteiger charge is 2.26. The fourth-order valence-electron chi connectivity index (χ4n) is 2.77. The van der Waals surface area contributed by atoms with Crippen LogP contribution in [0.2, 0.25) is 0 Å². The van der Waals surface area contributed by atoms with Gasteiger partial charge in [0.05, 0.1) is 0 Å². The number of benzene rings is 1. The highest BCUT2D eigenvalue weighted by Crippen LogP contribution is 2.31. The van der Waals surface area contributed by atoms with E-state index in [0.29, 0.717) is 0 Å². The van der Waals surface area contributed by atoms with Crippen molar-refractivity contribution >= 4 is 34.6 Å². The number of anilines is 1. The summed E-state index contributed by atoms with van der Waals surface area (Å²) in [4.78, 5) is 12.7. The van der Waals surface area contributed by atoms with Crippen LogP contribution in [0.25, 0.3) is 0 Å². The van der Waals surface area contributed by atoms with Crippen LogP contribution < -0.4 is 10.2 Å². The Morgan fingerprint density at radius 1 is 1.17 bits per heavy atom. The van der Waals surface area contributed by atoms with Gasteiger partial charge in [0.25, 0.3) is 0 Å². The van der Waals surface area contributed by atoms with Gasteiger partial charge in [0, 0.05) is 38.0 Å². The topological polar surface area (TPSA) is 49.8 Å². The summed E-state index contributed by atoms with van der Waals surface area (Å²) in [6, 6.07) is 10.2. The Hall–Kier alpha value is -1.63. The lowest BCUT2D eigenvalue weighted by Crippen LogP contribution is -2.43. The van der Waals surface area contributed by atoms with Gasteiger partial charge in [0.15, 0.2) is 11.2 Å². The van der Waals surface area contributed by atoms with Crippen molar-refractivity contribution in [2.75, 3.05) is 31.1 Å². The maximum Gasteiger partial charge on any atom is 0.185 e. The van der Waals surface area contributed by atoms with Crippen molar-refractivity contribution in [2.24, 2.45) is 5.16 Å². The first-order valence-electron chi connectivity index (χ1n) is 7.59. The minimum atomic E-state index is 0. The lowest BCUT2D eigenvalue weighted by molar-refractivity contribution is 0.0857. The maximum absolute atomic E-state index is 5.59. The van der Waals surface area contributed by atoms with Gasteiger partial charge in [-0.05, 0) is 5.56 Å². The summed E-state index contributed by atoms with van der Waals surface area (Å²) in [6.07, 6.45) is 0.801. The smallest absolute Gasteiger partial charge is 0.185 e. The van der Waals surface area contributed by atoms with Crippen molar-refractivity contribution in [2.45, 2.75) is 12.5 Å². The van der Waals surface area contributed by atoms with E-state index in [4.69, 9.17) is 9.82 Å². The summed E-state index contributed by atoms with van der Waals surface area (Å²) in [5, 5.41) is 10.8. The molecule has 0 amide bonds. The van der Waals surface area contributed by atoms with Crippen LogP contribution in [0.15, 0.2) is 40.9 Å². The molecule has 2 aromatic rings. The fourth-order valence-corrected chi connectivity index (χ4v) is 3.66. The monoisotopic (exact) mass is 350 g/mol. The Morgan fingerprint density at radius 3 is 2.74 bits per heavy atom. The molecule has 0 saturated carbocycles. The van der Waals surface area contributed by atoms with Gasteiger partial charge in [-0.2, -0.15) is 0 Å². The minimum Gasteiger partial charge on any atom is -0.387 e. The lowest BCUT2D eigenvalue weighted by atomic mass is 10.0. The quantitative estimate of drug-likeness (QED) is 0.924. The van der Waals surface area contributed by atoms with Crippen molar-refractivity contribution in [1.29, 1.82) is 0 Å². The molecule has 1 saturated heterocycles. The number of aromatic nitrogens is 1. The molecule has 1 atom stereocenters. The Labute approximate surface area is 145 Å². The van der Waals surface area contributed by atoms with Gasteiger partial charge in [-0.25, -0.2) is 4.98 Å². The Balaban J connectivity index is 0.00000156. The van der Waals surface area contributed by atoms with Gasteiger partial charge in [0.1, 0.15) is 11.4 Å². The van der Waals surface area contributed by atoms with Crippen LogP contribution >= 0.6 is 23.7 Å². The molecule has 0 bridgehead atoms. The van der Waals surface area contributed by atoms with E-state index in [1.807, 2.05) is 18.2 Å². The largest absolute Gasteiger partial charge is 0.387 e. The van der Waals surface area contributed by atoms with Gasteiger partial charge >= 0.3 is 0 Å². The molecule has 0 radical (unpaired) electrons. The molecule has 7 heteroatoms. The highest BCUT2D eigenvalue weighted by atomic mass is 35.5. The summed E-state index contributed by atoms with van der Waals surface area (Å²) < 4.78 is 0. The summed E-state index contributed by atoms with van der Waals surface area (Å²) in [7, 11) is 0. The molecule has 23 heavy (non-hydrogen) atoms. The molecule has 1 unspecified atom stereocenters. The van der Waals surface area contributed by atoms with E-state index in [0.717, 1.165) is 49.1 Å². The molecule has 1 N–H and O–H groups in total. The molecule has 0 aliphatic carbocycles. The number of hydrogen-bond acceptors (Lipinski definition) is 6. The van der Waals surface area contributed by atoms with Crippen molar-refractivity contribution in [3.63, 3.8) is 0 Å². The number of hydrogen-bond donors (Lipinski definition) is 1. The predicted molar refractivity (Wildman–Crippen MR) is 95.9 cm³/mol. The second kappa shape index (κ2) is 7.29. The third-order valence-corrected chi connectivity index (χ3v) is 4.92. The second-order valence-electron chi connectivity index (χ2n) is 5.50. The van der Waals surface area contributed by atoms with Crippen molar-refractivity contribution in [3.05, 3.63) is 47.0 Å². The molecule has 4 rings (SSSR count). The van der Waals surface area contributed by atoms with Crippen LogP contribution in [0, 0.1) is 0 Å². The first kappa shape index (κ1) is 16.2. The van der Waals surface area contributed by atoms with Gasteiger partial charge < -0.3 is 15.1 Å². The van der Waals surface area contributed by atoms with Gasteiger partial charge in [-0.1, -0.05) is 35.5 Å². The van der Waals surface area contributed by atoms with Crippen LogP contribution in [-0.4, -0.2) is 36.9 Å². The molecular formula is C16H19ClN4OS. The van der Waals surface area contributed by atoms with Gasteiger partial charge in [0.2, 0.25) is 0 Å². The third-order valence-electron chi connectivity index (χ3n) is 4.02. The van der Waals surface area contributed by atoms with Crippen molar-refractivity contribution in [1.82, 2.24) is 10.3 Å².